The van der Waals surface area contributed by atoms with Gasteiger partial charge in [0.2, 0.25) is 5.95 Å². The van der Waals surface area contributed by atoms with E-state index in [0.29, 0.717) is 22.3 Å². The van der Waals surface area contributed by atoms with Gasteiger partial charge in [-0.15, -0.1) is 0 Å². The molecule has 8 nitrogen and oxygen atoms in total. The molecule has 0 fully saturated rings. The second-order valence-corrected chi connectivity index (χ2v) is 9.47. The van der Waals surface area contributed by atoms with Crippen molar-refractivity contribution in [3.63, 3.8) is 0 Å². The van der Waals surface area contributed by atoms with Crippen molar-refractivity contribution in [2.75, 3.05) is 16.8 Å². The molecule has 2 heterocycles. The van der Waals surface area contributed by atoms with Crippen molar-refractivity contribution in [3.8, 4) is 0 Å². The lowest BCUT2D eigenvalue weighted by Crippen LogP contribution is -2.45. The van der Waals surface area contributed by atoms with Gasteiger partial charge in [-0.1, -0.05) is 51.3 Å². The summed E-state index contributed by atoms with van der Waals surface area (Å²) in [6.07, 6.45) is -1.18. The van der Waals surface area contributed by atoms with Crippen LogP contribution >= 0.6 is 39.1 Å². The van der Waals surface area contributed by atoms with E-state index in [4.69, 9.17) is 23.2 Å². The third-order valence-electron chi connectivity index (χ3n) is 5.74. The number of anilines is 2. The number of halogens is 3. The number of H-pyrrole nitrogens is 1. The predicted octanol–water partition coefficient (Wildman–Crippen LogP) is 5.60. The summed E-state index contributed by atoms with van der Waals surface area (Å²) in [5, 5.41) is 21.9. The van der Waals surface area contributed by atoms with Gasteiger partial charge in [0.25, 0.3) is 5.91 Å². The largest absolute Gasteiger partial charge is 0.465 e. The topological polar surface area (TPSA) is 110 Å². The number of fused-ring (bicyclic) bond motifs is 2. The summed E-state index contributed by atoms with van der Waals surface area (Å²) in [7, 11) is 1.36. The van der Waals surface area contributed by atoms with Gasteiger partial charge in [-0.05, 0) is 42.5 Å². The third kappa shape index (κ3) is 3.35. The first kappa shape index (κ1) is 22.7. The van der Waals surface area contributed by atoms with Gasteiger partial charge in [0.15, 0.2) is 5.72 Å². The summed E-state index contributed by atoms with van der Waals surface area (Å²) in [6, 6.07) is 14.8. The van der Waals surface area contributed by atoms with Crippen molar-refractivity contribution in [2.45, 2.75) is 5.72 Å². The molecule has 0 saturated carbocycles. The van der Waals surface area contributed by atoms with E-state index in [1.165, 1.54) is 24.1 Å². The minimum absolute atomic E-state index is 0.119. The van der Waals surface area contributed by atoms with Gasteiger partial charge in [0.1, 0.15) is 0 Å². The molecular formula is C23H15BrCl2N4O4. The number of benzene rings is 3. The number of imidazole rings is 1. The first-order valence-electron chi connectivity index (χ1n) is 9.90. The molecule has 5 rings (SSSR count). The molecule has 0 radical (unpaired) electrons. The Labute approximate surface area is 211 Å². The Balaban J connectivity index is 1.75. The molecule has 1 unspecified atom stereocenters. The van der Waals surface area contributed by atoms with E-state index >= 15 is 0 Å². The molecule has 1 atom stereocenters. The number of carbonyl (C=O) groups is 2. The lowest BCUT2D eigenvalue weighted by molar-refractivity contribution is 0.0704. The van der Waals surface area contributed by atoms with Crippen LogP contribution in [0.3, 0.4) is 0 Å². The number of hydrogen-bond acceptors (Lipinski definition) is 4. The SMILES string of the molecule is CN(C(=O)O)c1nc2ccc(C3(O)c4cc(Cl)c(Cl)cc4C(=O)N3c3cccc(Br)c3)cc2[nH]1. The van der Waals surface area contributed by atoms with Gasteiger partial charge >= 0.3 is 6.09 Å². The number of aromatic amines is 1. The Bertz CT molecular complexity index is 1510. The highest BCUT2D eigenvalue weighted by atomic mass is 79.9. The molecule has 11 heteroatoms. The van der Waals surface area contributed by atoms with Crippen LogP contribution in [0.1, 0.15) is 21.5 Å². The van der Waals surface area contributed by atoms with E-state index in [9.17, 15) is 19.8 Å². The minimum Gasteiger partial charge on any atom is -0.465 e. The van der Waals surface area contributed by atoms with E-state index < -0.39 is 17.7 Å². The van der Waals surface area contributed by atoms with Gasteiger partial charge in [-0.2, -0.15) is 0 Å². The van der Waals surface area contributed by atoms with Crippen molar-refractivity contribution >= 4 is 73.8 Å². The summed E-state index contributed by atoms with van der Waals surface area (Å²) in [6.45, 7) is 0. The molecule has 0 aliphatic carbocycles. The molecule has 172 valence electrons. The number of carboxylic acid groups (broad SMARTS) is 1. The van der Waals surface area contributed by atoms with Crippen LogP contribution in [-0.4, -0.2) is 39.2 Å². The van der Waals surface area contributed by atoms with Crippen molar-refractivity contribution in [1.82, 2.24) is 9.97 Å². The van der Waals surface area contributed by atoms with Crippen molar-refractivity contribution in [2.24, 2.45) is 0 Å². The van der Waals surface area contributed by atoms with Crippen LogP contribution in [0.2, 0.25) is 10.0 Å². The van der Waals surface area contributed by atoms with Crippen LogP contribution < -0.4 is 9.80 Å². The minimum atomic E-state index is -1.93. The average Bonchev–Trinajstić information content (AvgIpc) is 3.31. The Morgan fingerprint density at radius 2 is 1.88 bits per heavy atom. The van der Waals surface area contributed by atoms with E-state index in [1.807, 2.05) is 0 Å². The van der Waals surface area contributed by atoms with Gasteiger partial charge in [0.05, 0.1) is 21.1 Å². The van der Waals surface area contributed by atoms with E-state index in [2.05, 4.69) is 25.9 Å². The summed E-state index contributed by atoms with van der Waals surface area (Å²) >= 11 is 15.9. The fourth-order valence-corrected chi connectivity index (χ4v) is 4.78. The summed E-state index contributed by atoms with van der Waals surface area (Å²) in [4.78, 5) is 34.3. The first-order chi connectivity index (χ1) is 16.1. The summed E-state index contributed by atoms with van der Waals surface area (Å²) < 4.78 is 0.720. The van der Waals surface area contributed by atoms with Crippen molar-refractivity contribution in [1.29, 1.82) is 0 Å². The number of amides is 2. The Kier molecular flexibility index (Phi) is 5.33. The van der Waals surface area contributed by atoms with Gasteiger partial charge in [-0.3, -0.25) is 14.6 Å². The molecule has 3 aromatic carbocycles. The zero-order chi connectivity index (χ0) is 24.4. The number of aliphatic hydroxyl groups is 1. The van der Waals surface area contributed by atoms with Crippen LogP contribution in [-0.2, 0) is 5.72 Å². The Hall–Kier alpha value is -3.11. The molecule has 34 heavy (non-hydrogen) atoms. The maximum absolute atomic E-state index is 13.5. The zero-order valence-corrected chi connectivity index (χ0v) is 20.5. The molecule has 2 amide bonds. The van der Waals surface area contributed by atoms with Gasteiger partial charge < -0.3 is 15.2 Å². The van der Waals surface area contributed by atoms with Crippen LogP contribution in [0.15, 0.2) is 59.1 Å². The highest BCUT2D eigenvalue weighted by molar-refractivity contribution is 9.10. The molecule has 3 N–H and O–H groups in total. The summed E-state index contributed by atoms with van der Waals surface area (Å²) in [5.41, 5.74) is 0.313. The van der Waals surface area contributed by atoms with Gasteiger partial charge in [-0.25, -0.2) is 9.78 Å². The van der Waals surface area contributed by atoms with Crippen molar-refractivity contribution < 1.29 is 19.8 Å². The number of hydrogen-bond donors (Lipinski definition) is 3. The number of nitrogens with one attached hydrogen (secondary N) is 1. The fourth-order valence-electron chi connectivity index (χ4n) is 4.07. The molecular weight excluding hydrogens is 547 g/mol. The maximum atomic E-state index is 13.5. The van der Waals surface area contributed by atoms with Crippen LogP contribution in [0.25, 0.3) is 11.0 Å². The maximum Gasteiger partial charge on any atom is 0.413 e. The average molecular weight is 562 g/mol. The molecule has 1 aliphatic rings. The van der Waals surface area contributed by atoms with Gasteiger partial charge in [0, 0.05) is 33.9 Å². The Morgan fingerprint density at radius 1 is 1.15 bits per heavy atom. The molecule has 0 spiro atoms. The van der Waals surface area contributed by atoms with E-state index in [0.717, 1.165) is 9.37 Å². The smallest absolute Gasteiger partial charge is 0.413 e. The highest BCUT2D eigenvalue weighted by Crippen LogP contribution is 2.47. The van der Waals surface area contributed by atoms with Crippen LogP contribution in [0.4, 0.5) is 16.4 Å². The van der Waals surface area contributed by atoms with E-state index in [1.54, 1.807) is 42.5 Å². The normalized spacial score (nSPS) is 17.3. The number of carbonyl (C=O) groups excluding carboxylic acids is 1. The fraction of sp³-hybridized carbons (Fsp3) is 0.0870. The van der Waals surface area contributed by atoms with Crippen LogP contribution in [0.5, 0.6) is 0 Å². The lowest BCUT2D eigenvalue weighted by Gasteiger charge is -2.35. The third-order valence-corrected chi connectivity index (χ3v) is 6.95. The van der Waals surface area contributed by atoms with Crippen LogP contribution in [0, 0.1) is 0 Å². The quantitative estimate of drug-likeness (QED) is 0.301. The monoisotopic (exact) mass is 560 g/mol. The second kappa shape index (κ2) is 7.99. The zero-order valence-electron chi connectivity index (χ0n) is 17.4. The molecule has 4 aromatic rings. The molecule has 0 saturated heterocycles. The predicted molar refractivity (Wildman–Crippen MR) is 133 cm³/mol. The first-order valence-corrected chi connectivity index (χ1v) is 11.4. The molecule has 0 bridgehead atoms. The summed E-state index contributed by atoms with van der Waals surface area (Å²) in [5.74, 6) is -0.335. The second-order valence-electron chi connectivity index (χ2n) is 7.74. The van der Waals surface area contributed by atoms with Crippen molar-refractivity contribution in [3.05, 3.63) is 85.8 Å². The standard InChI is InChI=1S/C23H15BrCl2N4O4/c1-29(22(32)33)21-27-18-6-5-11(7-19(18)28-21)23(34)15-10-17(26)16(25)9-14(15)20(31)30(23)13-4-2-3-12(24)8-13/h2-10,34H,1H3,(H,27,28)(H,32,33). The number of nitrogens with zero attached hydrogens (tertiary/aromatic N) is 3. The number of aromatic nitrogens is 2. The Morgan fingerprint density at radius 3 is 2.59 bits per heavy atom. The lowest BCUT2D eigenvalue weighted by atomic mass is 9.93. The molecule has 1 aliphatic heterocycles. The number of rotatable bonds is 3. The van der Waals surface area contributed by atoms with E-state index in [-0.39, 0.29) is 27.1 Å². The highest BCUT2D eigenvalue weighted by Gasteiger charge is 2.51. The molecule has 1 aromatic heterocycles.